The normalized spacial score (nSPS) is 10.9. The van der Waals surface area contributed by atoms with E-state index < -0.39 is 0 Å². The van der Waals surface area contributed by atoms with Gasteiger partial charge in [-0.05, 0) is 11.6 Å². The van der Waals surface area contributed by atoms with Crippen LogP contribution in [0.2, 0.25) is 0 Å². The summed E-state index contributed by atoms with van der Waals surface area (Å²) < 4.78 is 13.0. The lowest BCUT2D eigenvalue weighted by atomic mass is 10.1. The van der Waals surface area contributed by atoms with Crippen molar-refractivity contribution in [2.75, 3.05) is 19.5 Å². The SMILES string of the molecule is COc1cc2c(-c3csc(NCc4ccccc4)n3)cn(C)c2cc1OC. The Morgan fingerprint density at radius 1 is 1.07 bits per heavy atom. The van der Waals surface area contributed by atoms with E-state index in [1.54, 1.807) is 25.6 Å². The zero-order chi connectivity index (χ0) is 18.8. The summed E-state index contributed by atoms with van der Waals surface area (Å²) in [6.07, 6.45) is 2.10. The molecule has 2 aromatic carbocycles. The fourth-order valence-electron chi connectivity index (χ4n) is 3.16. The van der Waals surface area contributed by atoms with Crippen molar-refractivity contribution in [1.29, 1.82) is 0 Å². The highest BCUT2D eigenvalue weighted by Gasteiger charge is 2.15. The topological polar surface area (TPSA) is 48.3 Å². The minimum absolute atomic E-state index is 0.718. The van der Waals surface area contributed by atoms with Gasteiger partial charge in [-0.1, -0.05) is 30.3 Å². The molecule has 0 amide bonds. The highest BCUT2D eigenvalue weighted by atomic mass is 32.1. The van der Waals surface area contributed by atoms with Crippen molar-refractivity contribution in [1.82, 2.24) is 9.55 Å². The van der Waals surface area contributed by atoms with Crippen molar-refractivity contribution in [3.63, 3.8) is 0 Å². The Kier molecular flexibility index (Phi) is 4.73. The van der Waals surface area contributed by atoms with E-state index >= 15 is 0 Å². The monoisotopic (exact) mass is 379 g/mol. The van der Waals surface area contributed by atoms with Gasteiger partial charge in [-0.3, -0.25) is 0 Å². The molecule has 0 aliphatic heterocycles. The van der Waals surface area contributed by atoms with Crippen LogP contribution in [-0.2, 0) is 13.6 Å². The number of hydrogen-bond acceptors (Lipinski definition) is 5. The molecule has 0 bridgehead atoms. The van der Waals surface area contributed by atoms with Crippen LogP contribution >= 0.6 is 11.3 Å². The number of thiazole rings is 1. The molecule has 2 heterocycles. The summed E-state index contributed by atoms with van der Waals surface area (Å²) in [6.45, 7) is 0.758. The van der Waals surface area contributed by atoms with Gasteiger partial charge in [-0.25, -0.2) is 4.98 Å². The van der Waals surface area contributed by atoms with Gasteiger partial charge in [-0.15, -0.1) is 11.3 Å². The van der Waals surface area contributed by atoms with Crippen molar-refractivity contribution < 1.29 is 9.47 Å². The molecule has 4 aromatic rings. The maximum atomic E-state index is 5.47. The van der Waals surface area contributed by atoms with Gasteiger partial charge in [-0.2, -0.15) is 0 Å². The first kappa shape index (κ1) is 17.4. The molecular formula is C21H21N3O2S. The fraction of sp³-hybridized carbons (Fsp3) is 0.190. The average molecular weight is 379 g/mol. The van der Waals surface area contributed by atoms with Gasteiger partial charge in [0.25, 0.3) is 0 Å². The Morgan fingerprint density at radius 2 is 1.81 bits per heavy atom. The summed E-state index contributed by atoms with van der Waals surface area (Å²) in [5.41, 5.74) is 4.34. The van der Waals surface area contributed by atoms with Gasteiger partial charge in [0.2, 0.25) is 0 Å². The highest BCUT2D eigenvalue weighted by Crippen LogP contribution is 2.38. The molecule has 0 unspecified atom stereocenters. The van der Waals surface area contributed by atoms with Crippen LogP contribution in [0.4, 0.5) is 5.13 Å². The van der Waals surface area contributed by atoms with Gasteiger partial charge < -0.3 is 19.4 Å². The Morgan fingerprint density at radius 3 is 2.56 bits per heavy atom. The minimum atomic E-state index is 0.718. The number of rotatable bonds is 6. The Hall–Kier alpha value is -2.99. The summed E-state index contributed by atoms with van der Waals surface area (Å²) in [7, 11) is 5.33. The lowest BCUT2D eigenvalue weighted by Crippen LogP contribution is -1.98. The van der Waals surface area contributed by atoms with Crippen LogP contribution in [0.1, 0.15) is 5.56 Å². The molecule has 0 saturated carbocycles. The van der Waals surface area contributed by atoms with Crippen molar-refractivity contribution in [3.8, 4) is 22.8 Å². The summed E-state index contributed by atoms with van der Waals surface area (Å²) in [5, 5.41) is 7.49. The van der Waals surface area contributed by atoms with Crippen LogP contribution in [0.25, 0.3) is 22.2 Å². The average Bonchev–Trinajstić information content (AvgIpc) is 3.30. The van der Waals surface area contributed by atoms with Crippen molar-refractivity contribution in [2.45, 2.75) is 6.54 Å². The molecule has 1 N–H and O–H groups in total. The van der Waals surface area contributed by atoms with Gasteiger partial charge in [0.15, 0.2) is 16.6 Å². The van der Waals surface area contributed by atoms with Crippen LogP contribution in [0, 0.1) is 0 Å². The van der Waals surface area contributed by atoms with Crippen LogP contribution < -0.4 is 14.8 Å². The number of hydrogen-bond donors (Lipinski definition) is 1. The number of nitrogens with zero attached hydrogens (tertiary/aromatic N) is 2. The molecular weight excluding hydrogens is 358 g/mol. The smallest absolute Gasteiger partial charge is 0.183 e. The second-order valence-corrected chi connectivity index (χ2v) is 7.11. The first-order chi connectivity index (χ1) is 13.2. The lowest BCUT2D eigenvalue weighted by molar-refractivity contribution is 0.355. The quantitative estimate of drug-likeness (QED) is 0.516. The maximum absolute atomic E-state index is 5.47. The van der Waals surface area contributed by atoms with Gasteiger partial charge in [0.1, 0.15) is 0 Å². The molecule has 4 rings (SSSR count). The zero-order valence-electron chi connectivity index (χ0n) is 15.5. The second kappa shape index (κ2) is 7.32. The Labute approximate surface area is 162 Å². The molecule has 6 heteroatoms. The van der Waals surface area contributed by atoms with E-state index in [-0.39, 0.29) is 0 Å². The number of aromatic nitrogens is 2. The summed E-state index contributed by atoms with van der Waals surface area (Å²) in [6, 6.07) is 14.3. The third-order valence-corrected chi connectivity index (χ3v) is 5.36. The largest absolute Gasteiger partial charge is 0.493 e. The van der Waals surface area contributed by atoms with E-state index in [2.05, 4.69) is 33.6 Å². The minimum Gasteiger partial charge on any atom is -0.493 e. The molecule has 0 fully saturated rings. The van der Waals surface area contributed by atoms with Crippen molar-refractivity contribution >= 4 is 27.4 Å². The molecule has 27 heavy (non-hydrogen) atoms. The number of methoxy groups -OCH3 is 2. The molecule has 0 aliphatic rings. The van der Waals surface area contributed by atoms with Crippen LogP contribution in [0.15, 0.2) is 54.0 Å². The number of nitrogens with one attached hydrogen (secondary N) is 1. The molecule has 5 nitrogen and oxygen atoms in total. The first-order valence-electron chi connectivity index (χ1n) is 8.64. The van der Waals surface area contributed by atoms with Crippen LogP contribution in [0.5, 0.6) is 11.5 Å². The van der Waals surface area contributed by atoms with Crippen LogP contribution in [-0.4, -0.2) is 23.8 Å². The highest BCUT2D eigenvalue weighted by molar-refractivity contribution is 7.14. The van der Waals surface area contributed by atoms with Gasteiger partial charge in [0, 0.05) is 42.2 Å². The summed E-state index contributed by atoms with van der Waals surface area (Å²) >= 11 is 1.61. The standard InChI is InChI=1S/C21H21N3O2S/c1-24-12-16(15-9-19(25-2)20(26-3)10-18(15)24)17-13-27-21(23-17)22-11-14-7-5-4-6-8-14/h4-10,12-13H,11H2,1-3H3,(H,22,23). The van der Waals surface area contributed by atoms with E-state index in [4.69, 9.17) is 14.5 Å². The number of fused-ring (bicyclic) bond motifs is 1. The summed E-state index contributed by atoms with van der Waals surface area (Å²) in [5.74, 6) is 1.44. The molecule has 0 atom stereocenters. The zero-order valence-corrected chi connectivity index (χ0v) is 16.3. The summed E-state index contributed by atoms with van der Waals surface area (Å²) in [4.78, 5) is 4.78. The van der Waals surface area contributed by atoms with Gasteiger partial charge in [0.05, 0.1) is 25.4 Å². The molecule has 0 spiro atoms. The number of anilines is 1. The molecule has 138 valence electrons. The number of benzene rings is 2. The molecule has 0 aliphatic carbocycles. The van der Waals surface area contributed by atoms with Crippen molar-refractivity contribution in [3.05, 3.63) is 59.6 Å². The van der Waals surface area contributed by atoms with Crippen molar-refractivity contribution in [2.24, 2.45) is 7.05 Å². The predicted molar refractivity (Wildman–Crippen MR) is 111 cm³/mol. The number of ether oxygens (including phenoxy) is 2. The van der Waals surface area contributed by atoms with E-state index in [9.17, 15) is 0 Å². The first-order valence-corrected chi connectivity index (χ1v) is 9.52. The third-order valence-electron chi connectivity index (χ3n) is 4.56. The third kappa shape index (κ3) is 3.36. The Balaban J connectivity index is 1.65. The van der Waals surface area contributed by atoms with E-state index in [0.717, 1.165) is 45.3 Å². The second-order valence-electron chi connectivity index (χ2n) is 6.26. The van der Waals surface area contributed by atoms with E-state index in [1.165, 1.54) is 5.56 Å². The lowest BCUT2D eigenvalue weighted by Gasteiger charge is -2.08. The molecule has 0 saturated heterocycles. The van der Waals surface area contributed by atoms with E-state index in [0.29, 0.717) is 0 Å². The van der Waals surface area contributed by atoms with E-state index in [1.807, 2.05) is 37.4 Å². The Bertz CT molecular complexity index is 1070. The van der Waals surface area contributed by atoms with Crippen LogP contribution in [0.3, 0.4) is 0 Å². The maximum Gasteiger partial charge on any atom is 0.183 e. The molecule has 0 radical (unpaired) electrons. The fourth-order valence-corrected chi connectivity index (χ4v) is 3.87. The molecule has 2 aromatic heterocycles. The predicted octanol–water partition coefficient (Wildman–Crippen LogP) is 4.93. The number of aryl methyl sites for hydroxylation is 1. The van der Waals surface area contributed by atoms with Gasteiger partial charge >= 0.3 is 0 Å².